The van der Waals surface area contributed by atoms with Crippen LogP contribution in [0, 0.1) is 0 Å². The average Bonchev–Trinajstić information content (AvgIpc) is 2.36. The highest BCUT2D eigenvalue weighted by Crippen LogP contribution is 2.44. The van der Waals surface area contributed by atoms with Gasteiger partial charge in [-0.05, 0) is 18.2 Å². The van der Waals surface area contributed by atoms with E-state index < -0.39 is 7.14 Å². The zero-order valence-corrected chi connectivity index (χ0v) is 11.6. The van der Waals surface area contributed by atoms with Gasteiger partial charge in [0.15, 0.2) is 0 Å². The van der Waals surface area contributed by atoms with Gasteiger partial charge in [-0.15, -0.1) is 11.6 Å². The molecule has 0 saturated heterocycles. The molecule has 2 nitrogen and oxygen atoms in total. The highest BCUT2D eigenvalue weighted by atomic mass is 35.5. The molecule has 0 spiro atoms. The van der Waals surface area contributed by atoms with Crippen LogP contribution in [0.5, 0.6) is 5.75 Å². The zero-order valence-electron chi connectivity index (χ0n) is 10.00. The molecule has 0 aliphatic carbocycles. The lowest BCUT2D eigenvalue weighted by Gasteiger charge is -2.16. The molecule has 1 rings (SSSR count). The van der Waals surface area contributed by atoms with E-state index in [4.69, 9.17) is 16.3 Å². The second-order valence-electron chi connectivity index (χ2n) is 3.65. The van der Waals surface area contributed by atoms with Gasteiger partial charge in [0.25, 0.3) is 0 Å². The first-order valence-corrected chi connectivity index (χ1v) is 8.04. The van der Waals surface area contributed by atoms with Crippen molar-refractivity contribution in [2.45, 2.75) is 19.7 Å². The van der Waals surface area contributed by atoms with Gasteiger partial charge in [-0.1, -0.05) is 13.8 Å². The van der Waals surface area contributed by atoms with Crippen LogP contribution in [0.25, 0.3) is 0 Å². The third-order valence-corrected chi connectivity index (χ3v) is 6.45. The number of hydrogen-bond donors (Lipinski definition) is 0. The zero-order chi connectivity index (χ0) is 12.2. The van der Waals surface area contributed by atoms with E-state index in [1.54, 1.807) is 7.11 Å². The second-order valence-corrected chi connectivity index (χ2v) is 7.48. The Hall–Kier alpha value is -0.460. The SMILES string of the molecule is CCP(=O)(CC)c1ccc(OC)c(CCl)c1. The number of rotatable bonds is 5. The molecule has 0 aliphatic heterocycles. The van der Waals surface area contributed by atoms with Gasteiger partial charge in [0, 0.05) is 23.2 Å². The summed E-state index contributed by atoms with van der Waals surface area (Å²) in [6.45, 7) is 3.93. The molecule has 90 valence electrons. The Morgan fingerprint density at radius 1 is 1.31 bits per heavy atom. The van der Waals surface area contributed by atoms with Crippen molar-refractivity contribution in [1.82, 2.24) is 0 Å². The molecule has 0 atom stereocenters. The lowest BCUT2D eigenvalue weighted by Crippen LogP contribution is -2.10. The third-order valence-electron chi connectivity index (χ3n) is 2.90. The van der Waals surface area contributed by atoms with Gasteiger partial charge in [-0.25, -0.2) is 0 Å². The van der Waals surface area contributed by atoms with Gasteiger partial charge >= 0.3 is 0 Å². The van der Waals surface area contributed by atoms with Gasteiger partial charge in [0.2, 0.25) is 0 Å². The molecular formula is C12H18ClO2P. The topological polar surface area (TPSA) is 26.3 Å². The monoisotopic (exact) mass is 260 g/mol. The molecule has 0 aromatic heterocycles. The van der Waals surface area contributed by atoms with Crippen LogP contribution in [0.3, 0.4) is 0 Å². The second kappa shape index (κ2) is 5.75. The standard InChI is InChI=1S/C12H18ClO2P/c1-4-16(14,5-2)11-6-7-12(15-3)10(8-11)9-13/h6-8H,4-5,9H2,1-3H3. The number of benzene rings is 1. The van der Waals surface area contributed by atoms with E-state index >= 15 is 0 Å². The maximum atomic E-state index is 12.5. The van der Waals surface area contributed by atoms with Crippen molar-refractivity contribution < 1.29 is 9.30 Å². The summed E-state index contributed by atoms with van der Waals surface area (Å²) in [5.74, 6) is 1.14. The largest absolute Gasteiger partial charge is 0.496 e. The Bertz CT molecular complexity index is 396. The molecule has 0 amide bonds. The molecule has 16 heavy (non-hydrogen) atoms. The van der Waals surface area contributed by atoms with Crippen LogP contribution in [0.2, 0.25) is 0 Å². The van der Waals surface area contributed by atoms with Gasteiger partial charge in [0.1, 0.15) is 12.9 Å². The lowest BCUT2D eigenvalue weighted by molar-refractivity contribution is 0.411. The minimum Gasteiger partial charge on any atom is -0.496 e. The number of halogens is 1. The van der Waals surface area contributed by atoms with Gasteiger partial charge in [-0.3, -0.25) is 0 Å². The van der Waals surface area contributed by atoms with Crippen LogP contribution in [0.4, 0.5) is 0 Å². The molecule has 0 fully saturated rings. The van der Waals surface area contributed by atoms with Gasteiger partial charge < -0.3 is 9.30 Å². The summed E-state index contributed by atoms with van der Waals surface area (Å²) < 4.78 is 17.7. The Kier molecular flexibility index (Phi) is 4.89. The summed E-state index contributed by atoms with van der Waals surface area (Å²) in [4.78, 5) is 0. The minimum absolute atomic E-state index is 0.379. The van der Waals surface area contributed by atoms with Crippen LogP contribution in [0.15, 0.2) is 18.2 Å². The molecule has 1 aromatic rings. The predicted octanol–water partition coefficient (Wildman–Crippen LogP) is 3.46. The number of hydrogen-bond acceptors (Lipinski definition) is 2. The summed E-state index contributed by atoms with van der Waals surface area (Å²) in [5, 5.41) is 0.911. The van der Waals surface area contributed by atoms with Crippen molar-refractivity contribution in [2.75, 3.05) is 19.4 Å². The molecule has 0 radical (unpaired) electrons. The Morgan fingerprint density at radius 2 is 1.94 bits per heavy atom. The van der Waals surface area contributed by atoms with Crippen molar-refractivity contribution in [1.29, 1.82) is 0 Å². The molecule has 1 aromatic carbocycles. The molecule has 0 unspecified atom stereocenters. The van der Waals surface area contributed by atoms with Crippen molar-refractivity contribution in [2.24, 2.45) is 0 Å². The smallest absolute Gasteiger partial charge is 0.123 e. The van der Waals surface area contributed by atoms with Crippen LogP contribution in [0.1, 0.15) is 19.4 Å². The van der Waals surface area contributed by atoms with Crippen LogP contribution < -0.4 is 10.0 Å². The molecular weight excluding hydrogens is 243 g/mol. The summed E-state index contributed by atoms with van der Waals surface area (Å²) in [6.07, 6.45) is 1.38. The summed E-state index contributed by atoms with van der Waals surface area (Å²) in [7, 11) is -0.603. The predicted molar refractivity (Wildman–Crippen MR) is 70.9 cm³/mol. The van der Waals surface area contributed by atoms with E-state index in [9.17, 15) is 4.57 Å². The summed E-state index contributed by atoms with van der Waals surface area (Å²) >= 11 is 5.85. The minimum atomic E-state index is -2.22. The summed E-state index contributed by atoms with van der Waals surface area (Å²) in [6, 6.07) is 5.66. The van der Waals surface area contributed by atoms with Crippen LogP contribution >= 0.6 is 18.7 Å². The van der Waals surface area contributed by atoms with Crippen LogP contribution in [-0.4, -0.2) is 19.4 Å². The molecule has 0 aliphatic rings. The quantitative estimate of drug-likeness (QED) is 0.599. The Labute approximate surface area is 102 Å². The molecule has 4 heteroatoms. The van der Waals surface area contributed by atoms with Gasteiger partial charge in [0.05, 0.1) is 13.0 Å². The van der Waals surface area contributed by atoms with E-state index in [2.05, 4.69) is 0 Å². The van der Waals surface area contributed by atoms with Crippen molar-refractivity contribution in [3.8, 4) is 5.75 Å². The highest BCUT2D eigenvalue weighted by Gasteiger charge is 2.20. The Morgan fingerprint density at radius 3 is 2.38 bits per heavy atom. The fourth-order valence-electron chi connectivity index (χ4n) is 1.71. The average molecular weight is 261 g/mol. The number of ether oxygens (including phenoxy) is 1. The highest BCUT2D eigenvalue weighted by molar-refractivity contribution is 7.71. The maximum absolute atomic E-state index is 12.5. The summed E-state index contributed by atoms with van der Waals surface area (Å²) in [5.41, 5.74) is 0.906. The van der Waals surface area contributed by atoms with E-state index in [0.29, 0.717) is 18.2 Å². The molecule has 0 saturated carbocycles. The Balaban J connectivity index is 3.22. The third kappa shape index (κ3) is 2.61. The first kappa shape index (κ1) is 13.6. The van der Waals surface area contributed by atoms with E-state index in [1.165, 1.54) is 0 Å². The van der Waals surface area contributed by atoms with Crippen LogP contribution in [-0.2, 0) is 10.4 Å². The number of methoxy groups -OCH3 is 1. The fourth-order valence-corrected chi connectivity index (χ4v) is 3.84. The van der Waals surface area contributed by atoms with E-state index in [0.717, 1.165) is 16.6 Å². The lowest BCUT2D eigenvalue weighted by atomic mass is 10.2. The molecule has 0 bridgehead atoms. The van der Waals surface area contributed by atoms with E-state index in [1.807, 2.05) is 32.0 Å². The fraction of sp³-hybridized carbons (Fsp3) is 0.500. The van der Waals surface area contributed by atoms with E-state index in [-0.39, 0.29) is 0 Å². The van der Waals surface area contributed by atoms with Crippen molar-refractivity contribution >= 4 is 24.0 Å². The first-order valence-electron chi connectivity index (χ1n) is 5.42. The van der Waals surface area contributed by atoms with Crippen molar-refractivity contribution in [3.63, 3.8) is 0 Å². The first-order chi connectivity index (χ1) is 7.61. The molecule has 0 N–H and O–H groups in total. The normalized spacial score (nSPS) is 11.5. The maximum Gasteiger partial charge on any atom is 0.123 e. The molecule has 0 heterocycles. The van der Waals surface area contributed by atoms with Crippen molar-refractivity contribution in [3.05, 3.63) is 23.8 Å². The van der Waals surface area contributed by atoms with Gasteiger partial charge in [-0.2, -0.15) is 0 Å². The number of alkyl halides is 1.